The van der Waals surface area contributed by atoms with Crippen LogP contribution in [0.5, 0.6) is 0 Å². The van der Waals surface area contributed by atoms with Gasteiger partial charge in [0.05, 0.1) is 5.52 Å². The summed E-state index contributed by atoms with van der Waals surface area (Å²) in [6.45, 7) is 8.38. The van der Waals surface area contributed by atoms with Crippen molar-refractivity contribution in [3.63, 3.8) is 0 Å². The summed E-state index contributed by atoms with van der Waals surface area (Å²) >= 11 is 0. The molecule has 3 heteroatoms. The number of carboxylic acids is 1. The molecule has 0 aliphatic heterocycles. The molecule has 3 nitrogen and oxygen atoms in total. The Kier molecular flexibility index (Phi) is 4.07. The second-order valence-electron chi connectivity index (χ2n) is 5.66. The summed E-state index contributed by atoms with van der Waals surface area (Å²) in [6, 6.07) is 6.20. The van der Waals surface area contributed by atoms with E-state index in [9.17, 15) is 4.79 Å². The number of fused-ring (bicyclic) bond motifs is 1. The minimum absolute atomic E-state index is 0.156. The highest BCUT2D eigenvalue weighted by Gasteiger charge is 2.12. The zero-order valence-corrected chi connectivity index (χ0v) is 12.5. The topological polar surface area (TPSA) is 50.2 Å². The molecule has 1 N–H and O–H groups in total. The summed E-state index contributed by atoms with van der Waals surface area (Å²) in [5.41, 5.74) is 5.53. The van der Waals surface area contributed by atoms with Crippen molar-refractivity contribution in [1.29, 1.82) is 0 Å². The maximum Gasteiger partial charge on any atom is 0.303 e. The van der Waals surface area contributed by atoms with E-state index in [0.717, 1.165) is 22.2 Å². The van der Waals surface area contributed by atoms with Crippen LogP contribution >= 0.6 is 0 Å². The van der Waals surface area contributed by atoms with Crippen LogP contribution < -0.4 is 0 Å². The Balaban J connectivity index is 2.64. The quantitative estimate of drug-likeness (QED) is 0.914. The molecule has 0 unspecified atom stereocenters. The van der Waals surface area contributed by atoms with Gasteiger partial charge in [-0.05, 0) is 48.9 Å². The van der Waals surface area contributed by atoms with Crippen molar-refractivity contribution in [2.45, 2.75) is 46.5 Å². The normalized spacial score (nSPS) is 11.2. The Bertz CT molecular complexity index is 660. The van der Waals surface area contributed by atoms with E-state index in [2.05, 4.69) is 45.9 Å². The fraction of sp³-hybridized carbons (Fsp3) is 0.412. The molecule has 1 heterocycles. The molecule has 0 aliphatic rings. The highest BCUT2D eigenvalue weighted by atomic mass is 16.4. The van der Waals surface area contributed by atoms with E-state index in [4.69, 9.17) is 10.1 Å². The third-order valence-electron chi connectivity index (χ3n) is 3.81. The van der Waals surface area contributed by atoms with Gasteiger partial charge in [0.15, 0.2) is 0 Å². The minimum atomic E-state index is -0.759. The number of benzene rings is 1. The summed E-state index contributed by atoms with van der Waals surface area (Å²) in [5.74, 6) is -0.423. The maximum absolute atomic E-state index is 10.8. The van der Waals surface area contributed by atoms with Gasteiger partial charge in [0, 0.05) is 17.5 Å². The van der Waals surface area contributed by atoms with Gasteiger partial charge in [-0.3, -0.25) is 9.78 Å². The SMILES string of the molecule is Cc1ccc2c(CCC(=O)O)cc(C(C)C)nc2c1C. The number of pyridine rings is 1. The lowest BCUT2D eigenvalue weighted by molar-refractivity contribution is -0.136. The predicted octanol–water partition coefficient (Wildman–Crippen LogP) is 3.99. The van der Waals surface area contributed by atoms with E-state index in [-0.39, 0.29) is 6.42 Å². The number of carbonyl (C=O) groups is 1. The van der Waals surface area contributed by atoms with Crippen LogP contribution in [0.3, 0.4) is 0 Å². The molecule has 0 atom stereocenters. The molecule has 0 saturated carbocycles. The van der Waals surface area contributed by atoms with Crippen LogP contribution in [0.1, 0.15) is 48.6 Å². The van der Waals surface area contributed by atoms with Crippen molar-refractivity contribution >= 4 is 16.9 Å². The van der Waals surface area contributed by atoms with E-state index in [1.807, 2.05) is 0 Å². The molecule has 1 aromatic heterocycles. The standard InChI is InChI=1S/C17H21NO2/c1-10(2)15-9-13(6-8-16(19)20)14-7-5-11(3)12(4)17(14)18-15/h5,7,9-10H,6,8H2,1-4H3,(H,19,20). The van der Waals surface area contributed by atoms with Crippen LogP contribution in [0.4, 0.5) is 0 Å². The zero-order valence-electron chi connectivity index (χ0n) is 12.5. The van der Waals surface area contributed by atoms with Gasteiger partial charge in [-0.15, -0.1) is 0 Å². The average molecular weight is 271 g/mol. The second-order valence-corrected chi connectivity index (χ2v) is 5.66. The second kappa shape index (κ2) is 5.61. The first-order valence-electron chi connectivity index (χ1n) is 7.01. The lowest BCUT2D eigenvalue weighted by Crippen LogP contribution is -2.03. The van der Waals surface area contributed by atoms with Crippen molar-refractivity contribution < 1.29 is 9.90 Å². The van der Waals surface area contributed by atoms with Gasteiger partial charge in [-0.2, -0.15) is 0 Å². The van der Waals surface area contributed by atoms with Crippen molar-refractivity contribution in [1.82, 2.24) is 4.98 Å². The summed E-state index contributed by atoms with van der Waals surface area (Å²) in [5, 5.41) is 9.99. The average Bonchev–Trinajstić information content (AvgIpc) is 2.40. The molecule has 0 fully saturated rings. The van der Waals surface area contributed by atoms with Crippen LogP contribution in [-0.2, 0) is 11.2 Å². The Hall–Kier alpha value is -1.90. The summed E-state index contributed by atoms with van der Waals surface area (Å²) < 4.78 is 0. The van der Waals surface area contributed by atoms with Crippen molar-refractivity contribution in [3.05, 3.63) is 40.6 Å². The molecule has 0 bridgehead atoms. The van der Waals surface area contributed by atoms with E-state index in [0.29, 0.717) is 12.3 Å². The molecular weight excluding hydrogens is 250 g/mol. The number of hydrogen-bond donors (Lipinski definition) is 1. The van der Waals surface area contributed by atoms with Crippen LogP contribution in [0.25, 0.3) is 10.9 Å². The van der Waals surface area contributed by atoms with Crippen molar-refractivity contribution in [2.75, 3.05) is 0 Å². The third-order valence-corrected chi connectivity index (χ3v) is 3.81. The van der Waals surface area contributed by atoms with Crippen LogP contribution in [-0.4, -0.2) is 16.1 Å². The molecule has 106 valence electrons. The van der Waals surface area contributed by atoms with E-state index in [1.165, 1.54) is 11.1 Å². The van der Waals surface area contributed by atoms with Crippen LogP contribution in [0, 0.1) is 13.8 Å². The van der Waals surface area contributed by atoms with Crippen molar-refractivity contribution in [3.8, 4) is 0 Å². The first kappa shape index (κ1) is 14.5. The number of aromatic nitrogens is 1. The fourth-order valence-electron chi connectivity index (χ4n) is 2.37. The number of hydrogen-bond acceptors (Lipinski definition) is 2. The first-order valence-corrected chi connectivity index (χ1v) is 7.01. The molecule has 2 rings (SSSR count). The molecule has 20 heavy (non-hydrogen) atoms. The van der Waals surface area contributed by atoms with Crippen LogP contribution in [0.2, 0.25) is 0 Å². The fourth-order valence-corrected chi connectivity index (χ4v) is 2.37. The number of aliphatic carboxylic acids is 1. The highest BCUT2D eigenvalue weighted by Crippen LogP contribution is 2.27. The van der Waals surface area contributed by atoms with Crippen LogP contribution in [0.15, 0.2) is 18.2 Å². The van der Waals surface area contributed by atoms with Gasteiger partial charge in [-0.1, -0.05) is 26.0 Å². The Morgan fingerprint density at radius 3 is 2.60 bits per heavy atom. The lowest BCUT2D eigenvalue weighted by atomic mass is 9.96. The summed E-state index contributed by atoms with van der Waals surface area (Å²) in [7, 11) is 0. The lowest BCUT2D eigenvalue weighted by Gasteiger charge is -2.14. The first-order chi connectivity index (χ1) is 9.40. The van der Waals surface area contributed by atoms with Gasteiger partial charge < -0.3 is 5.11 Å². The van der Waals surface area contributed by atoms with E-state index in [1.54, 1.807) is 0 Å². The van der Waals surface area contributed by atoms with Gasteiger partial charge in [0.25, 0.3) is 0 Å². The van der Waals surface area contributed by atoms with Crippen molar-refractivity contribution in [2.24, 2.45) is 0 Å². The summed E-state index contributed by atoms with van der Waals surface area (Å²) in [4.78, 5) is 15.6. The number of carboxylic acid groups (broad SMARTS) is 1. The molecule has 2 aromatic rings. The van der Waals surface area contributed by atoms with E-state index < -0.39 is 5.97 Å². The summed E-state index contributed by atoms with van der Waals surface area (Å²) in [6.07, 6.45) is 0.708. The molecule has 0 saturated heterocycles. The van der Waals surface area contributed by atoms with Gasteiger partial charge in [0.1, 0.15) is 0 Å². The molecular formula is C17H21NO2. The number of aryl methyl sites for hydroxylation is 3. The highest BCUT2D eigenvalue weighted by molar-refractivity contribution is 5.86. The molecule has 1 aromatic carbocycles. The molecule has 0 spiro atoms. The predicted molar refractivity (Wildman–Crippen MR) is 81.3 cm³/mol. The number of nitrogens with zero attached hydrogens (tertiary/aromatic N) is 1. The molecule has 0 radical (unpaired) electrons. The Labute approximate surface area is 119 Å². The Morgan fingerprint density at radius 2 is 2.00 bits per heavy atom. The Morgan fingerprint density at radius 1 is 1.30 bits per heavy atom. The largest absolute Gasteiger partial charge is 0.481 e. The monoisotopic (exact) mass is 271 g/mol. The van der Waals surface area contributed by atoms with Gasteiger partial charge >= 0.3 is 5.97 Å². The smallest absolute Gasteiger partial charge is 0.303 e. The van der Waals surface area contributed by atoms with E-state index >= 15 is 0 Å². The van der Waals surface area contributed by atoms with Gasteiger partial charge in [0.2, 0.25) is 0 Å². The molecule has 0 amide bonds. The minimum Gasteiger partial charge on any atom is -0.481 e. The number of rotatable bonds is 4. The molecule has 0 aliphatic carbocycles. The maximum atomic E-state index is 10.8. The zero-order chi connectivity index (χ0) is 14.9. The third kappa shape index (κ3) is 2.82. The van der Waals surface area contributed by atoms with Gasteiger partial charge in [-0.25, -0.2) is 0 Å².